The molecule has 0 aliphatic carbocycles. The lowest BCUT2D eigenvalue weighted by Crippen LogP contribution is -2.10. The minimum atomic E-state index is 0.0249. The predicted octanol–water partition coefficient (Wildman–Crippen LogP) is 36.6. The van der Waals surface area contributed by atoms with Crippen LogP contribution in [0.2, 0.25) is 0 Å². The van der Waals surface area contributed by atoms with E-state index in [2.05, 4.69) is 526 Å². The highest BCUT2D eigenvalue weighted by Crippen LogP contribution is 2.51. The van der Waals surface area contributed by atoms with E-state index in [0.717, 1.165) is 0 Å². The quantitative estimate of drug-likeness (QED) is 0.128. The normalized spacial score (nSPS) is 12.1. The Morgan fingerprint density at radius 2 is 0.373 bits per heavy atom. The van der Waals surface area contributed by atoms with Crippen LogP contribution < -0.4 is 0 Å². The number of para-hydroxylation sites is 6. The smallest absolute Gasteiger partial charge is 0.0541 e. The number of fused-ring (bicyclic) bond motifs is 16. The molecule has 0 saturated heterocycles. The molecule has 0 unspecified atom stereocenters. The Balaban J connectivity index is 0.000000114. The van der Waals surface area contributed by atoms with Crippen molar-refractivity contribution in [2.45, 2.75) is 85.5 Å². The largest absolute Gasteiger partial charge is 0.309 e. The van der Waals surface area contributed by atoms with Crippen LogP contribution in [-0.4, -0.2) is 13.7 Å². The van der Waals surface area contributed by atoms with Crippen molar-refractivity contribution in [2.75, 3.05) is 0 Å². The molecule has 3 heterocycles. The molecular formula is C131H103N3. The van der Waals surface area contributed by atoms with Crippen molar-refractivity contribution in [3.63, 3.8) is 0 Å². The summed E-state index contributed by atoms with van der Waals surface area (Å²) in [7, 11) is 0. The monoisotopic (exact) mass is 1720 g/mol. The standard InChI is InChI=1S/C46H35N.C43H35N.C42H33N/c1-46(2,3)34-25-26-40-41(29-34)45(33-24-23-30-13-4-5-14-31(30)27-33)39-20-7-6-19-38(39)44(40)32-15-12-16-35(28-32)47-42-21-10-8-17-36(42)37-18-9-11-22-43(37)47;1-28-20-22-29(23-21-28)41-35-16-5-6-17-36(35)42(37-25-24-31(27-38(37)41)43(2,3)4)30-12-11-13-32(26-30)44-39-18-9-7-14-33(39)34-15-8-10-19-40(34)44;1-42(2,3)30-24-25-36-37(27-30)40(28-14-5-4-6-15-28)34-20-7-8-21-35(34)41(36)29-16-13-17-31(26-29)43-38-22-11-9-18-32(38)33-19-10-12-23-39(33)43/h4-29H,1-3H3;5-27H,1-4H3;4-27H,1-3H3. The number of hydrogen-bond donors (Lipinski definition) is 0. The average Bonchev–Trinajstić information content (AvgIpc) is 1.03. The van der Waals surface area contributed by atoms with E-state index >= 15 is 0 Å². The molecule has 134 heavy (non-hydrogen) atoms. The topological polar surface area (TPSA) is 14.8 Å². The average molecular weight is 1720 g/mol. The van der Waals surface area contributed by atoms with Gasteiger partial charge in [0.25, 0.3) is 0 Å². The van der Waals surface area contributed by atoms with Crippen LogP contribution in [0, 0.1) is 6.92 Å². The first kappa shape index (κ1) is 82.5. The Labute approximate surface area is 783 Å². The third-order valence-corrected chi connectivity index (χ3v) is 28.0. The van der Waals surface area contributed by atoms with Crippen molar-refractivity contribution in [1.82, 2.24) is 13.7 Å². The molecule has 0 spiro atoms. The van der Waals surface area contributed by atoms with Crippen molar-refractivity contribution in [3.05, 3.63) is 465 Å². The first-order chi connectivity index (χ1) is 65.3. The summed E-state index contributed by atoms with van der Waals surface area (Å²) in [5, 5.41) is 25.6. The van der Waals surface area contributed by atoms with Crippen LogP contribution >= 0.6 is 0 Å². The van der Waals surface area contributed by atoms with E-state index in [-0.39, 0.29) is 16.2 Å². The molecule has 0 N–H and O–H groups in total. The summed E-state index contributed by atoms with van der Waals surface area (Å²) in [6, 6.07) is 164. The van der Waals surface area contributed by atoms with Gasteiger partial charge in [-0.25, -0.2) is 0 Å². The molecule has 3 aromatic heterocycles. The second-order valence-electron chi connectivity index (χ2n) is 39.5. The van der Waals surface area contributed by atoms with Gasteiger partial charge in [0, 0.05) is 49.4 Å². The third-order valence-electron chi connectivity index (χ3n) is 28.0. The maximum Gasteiger partial charge on any atom is 0.0541 e. The molecule has 22 aromatic carbocycles. The molecule has 0 saturated carbocycles. The zero-order chi connectivity index (χ0) is 90.8. The maximum absolute atomic E-state index is 2.45. The summed E-state index contributed by atoms with van der Waals surface area (Å²) in [5.74, 6) is 0. The van der Waals surface area contributed by atoms with E-state index in [1.54, 1.807) is 0 Å². The molecule has 0 aliphatic heterocycles. The fraction of sp³-hybridized carbons (Fsp3) is 0.0992. The van der Waals surface area contributed by atoms with Gasteiger partial charge in [-0.2, -0.15) is 0 Å². The lowest BCUT2D eigenvalue weighted by molar-refractivity contribution is 0.591. The van der Waals surface area contributed by atoms with Crippen molar-refractivity contribution in [3.8, 4) is 83.8 Å². The van der Waals surface area contributed by atoms with Crippen molar-refractivity contribution >= 4 is 141 Å². The molecule has 0 bridgehead atoms. The molecule has 642 valence electrons. The van der Waals surface area contributed by atoms with E-state index < -0.39 is 0 Å². The summed E-state index contributed by atoms with van der Waals surface area (Å²) >= 11 is 0. The molecule has 0 atom stereocenters. The number of rotatable bonds is 9. The molecule has 25 aromatic rings. The van der Waals surface area contributed by atoms with Gasteiger partial charge < -0.3 is 13.7 Å². The van der Waals surface area contributed by atoms with Gasteiger partial charge in [-0.3, -0.25) is 0 Å². The number of hydrogen-bond acceptors (Lipinski definition) is 0. The van der Waals surface area contributed by atoms with Crippen LogP contribution in [0.3, 0.4) is 0 Å². The first-order valence-corrected chi connectivity index (χ1v) is 47.2. The Hall–Kier alpha value is -15.9. The maximum atomic E-state index is 2.45. The zero-order valence-electron chi connectivity index (χ0n) is 77.5. The van der Waals surface area contributed by atoms with Crippen LogP contribution in [0.15, 0.2) is 443 Å². The van der Waals surface area contributed by atoms with Gasteiger partial charge in [-0.15, -0.1) is 0 Å². The van der Waals surface area contributed by atoms with Crippen molar-refractivity contribution in [2.24, 2.45) is 0 Å². The summed E-state index contributed by atoms with van der Waals surface area (Å²) in [6.45, 7) is 22.9. The lowest BCUT2D eigenvalue weighted by atomic mass is 9.81. The third kappa shape index (κ3) is 14.3. The highest BCUT2D eigenvalue weighted by molar-refractivity contribution is 6.26. The van der Waals surface area contributed by atoms with E-state index in [0.29, 0.717) is 0 Å². The van der Waals surface area contributed by atoms with Gasteiger partial charge in [0.15, 0.2) is 0 Å². The summed E-state index contributed by atoms with van der Waals surface area (Å²) < 4.78 is 7.24. The Bertz CT molecular complexity index is 8830. The molecule has 0 amide bonds. The van der Waals surface area contributed by atoms with Gasteiger partial charge in [0.1, 0.15) is 0 Å². The number of aryl methyl sites for hydroxylation is 1. The molecule has 3 heteroatoms. The zero-order valence-corrected chi connectivity index (χ0v) is 77.5. The van der Waals surface area contributed by atoms with Gasteiger partial charge in [-0.1, -0.05) is 414 Å². The van der Waals surface area contributed by atoms with Crippen molar-refractivity contribution < 1.29 is 0 Å². The van der Waals surface area contributed by atoms with E-state index in [1.165, 1.54) is 247 Å². The fourth-order valence-corrected chi connectivity index (χ4v) is 21.5. The van der Waals surface area contributed by atoms with Gasteiger partial charge >= 0.3 is 0 Å². The van der Waals surface area contributed by atoms with Crippen LogP contribution in [0.25, 0.3) is 225 Å². The SMILES string of the molecule is CC(C)(C)c1ccc2c(-c3cccc(-n4c5ccccc5c5ccccc54)c3)c3ccccc3c(-c3ccc4ccccc4c3)c2c1.CC(C)(C)c1ccc2c(-c3cccc(-n4c5ccccc5c5ccccc54)c3)c3ccccc3c(-c3ccccc3)c2c1.Cc1ccc(-c2c3ccccc3c(-c3cccc(-n4c5ccccc5c5ccccc54)c3)c3ccc(C(C)(C)C)cc23)cc1. The van der Waals surface area contributed by atoms with E-state index in [4.69, 9.17) is 0 Å². The van der Waals surface area contributed by atoms with Crippen LogP contribution in [0.5, 0.6) is 0 Å². The summed E-state index contributed by atoms with van der Waals surface area (Å²) in [5.41, 5.74) is 31.5. The van der Waals surface area contributed by atoms with Gasteiger partial charge in [-0.05, 0) is 279 Å². The fourth-order valence-electron chi connectivity index (χ4n) is 21.5. The Kier molecular flexibility index (Phi) is 20.2. The Morgan fingerprint density at radius 3 is 0.679 bits per heavy atom. The van der Waals surface area contributed by atoms with Gasteiger partial charge in [0.2, 0.25) is 0 Å². The second kappa shape index (κ2) is 32.9. The molecule has 3 nitrogen and oxygen atoms in total. The van der Waals surface area contributed by atoms with Gasteiger partial charge in [0.05, 0.1) is 33.1 Å². The molecule has 0 radical (unpaired) electrons. The Morgan fingerprint density at radius 1 is 0.149 bits per heavy atom. The van der Waals surface area contributed by atoms with Crippen LogP contribution in [-0.2, 0) is 16.2 Å². The number of benzene rings is 22. The minimum Gasteiger partial charge on any atom is -0.309 e. The second-order valence-corrected chi connectivity index (χ2v) is 39.5. The predicted molar refractivity (Wildman–Crippen MR) is 578 cm³/mol. The summed E-state index contributed by atoms with van der Waals surface area (Å²) in [6.07, 6.45) is 0. The van der Waals surface area contributed by atoms with E-state index in [1.807, 2.05) is 0 Å². The first-order valence-electron chi connectivity index (χ1n) is 47.2. The van der Waals surface area contributed by atoms with Crippen LogP contribution in [0.4, 0.5) is 0 Å². The highest BCUT2D eigenvalue weighted by atomic mass is 15.0. The molecule has 0 aliphatic rings. The number of nitrogens with zero attached hydrogens (tertiary/aromatic N) is 3. The lowest BCUT2D eigenvalue weighted by Gasteiger charge is -2.23. The minimum absolute atomic E-state index is 0.0249. The molecule has 0 fully saturated rings. The summed E-state index contributed by atoms with van der Waals surface area (Å²) in [4.78, 5) is 0. The number of aromatic nitrogens is 3. The van der Waals surface area contributed by atoms with Crippen molar-refractivity contribution in [1.29, 1.82) is 0 Å². The molecule has 25 rings (SSSR count). The van der Waals surface area contributed by atoms with Crippen LogP contribution in [0.1, 0.15) is 84.6 Å². The molecular weight excluding hydrogens is 1620 g/mol. The van der Waals surface area contributed by atoms with E-state index in [9.17, 15) is 0 Å². The highest BCUT2D eigenvalue weighted by Gasteiger charge is 2.28.